The average Bonchev–Trinajstić information content (AvgIpc) is 2.14. The number of rotatable bonds is 8. The van der Waals surface area contributed by atoms with Crippen LogP contribution >= 0.6 is 0 Å². The van der Waals surface area contributed by atoms with Crippen LogP contribution in [0.3, 0.4) is 0 Å². The van der Waals surface area contributed by atoms with Gasteiger partial charge < -0.3 is 15.8 Å². The van der Waals surface area contributed by atoms with Crippen LogP contribution in [-0.4, -0.2) is 38.5 Å². The summed E-state index contributed by atoms with van der Waals surface area (Å²) in [6.07, 6.45) is -3.68. The molecule has 0 spiro atoms. The van der Waals surface area contributed by atoms with Gasteiger partial charge >= 0.3 is 6.18 Å². The molecule has 1 unspecified atom stereocenters. The summed E-state index contributed by atoms with van der Waals surface area (Å²) in [7, 11) is 0. The largest absolute Gasteiger partial charge is 0.411 e. The molecule has 16 heavy (non-hydrogen) atoms. The van der Waals surface area contributed by atoms with Crippen LogP contribution < -0.4 is 11.1 Å². The molecule has 3 nitrogen and oxygen atoms in total. The third kappa shape index (κ3) is 8.94. The van der Waals surface area contributed by atoms with Gasteiger partial charge in [-0.05, 0) is 18.9 Å². The van der Waals surface area contributed by atoms with Gasteiger partial charge in [0.25, 0.3) is 0 Å². The zero-order valence-corrected chi connectivity index (χ0v) is 9.81. The second kappa shape index (κ2) is 7.86. The van der Waals surface area contributed by atoms with E-state index in [2.05, 4.69) is 10.1 Å². The van der Waals surface area contributed by atoms with Gasteiger partial charge in [0.15, 0.2) is 0 Å². The summed E-state index contributed by atoms with van der Waals surface area (Å²) in [5.41, 5.74) is 5.53. The Bertz CT molecular complexity index is 174. The molecule has 98 valence electrons. The van der Waals surface area contributed by atoms with Crippen molar-refractivity contribution < 1.29 is 17.9 Å². The van der Waals surface area contributed by atoms with Crippen molar-refractivity contribution >= 4 is 0 Å². The number of hydrogen-bond donors (Lipinski definition) is 2. The number of ether oxygens (including phenoxy) is 1. The number of halogens is 3. The van der Waals surface area contributed by atoms with Crippen LogP contribution in [0.1, 0.15) is 20.3 Å². The summed E-state index contributed by atoms with van der Waals surface area (Å²) >= 11 is 0. The SMILES string of the molecule is CC(C)C(CN)NCCCOCC(F)(F)F. The highest BCUT2D eigenvalue weighted by atomic mass is 19.4. The molecule has 0 aliphatic heterocycles. The van der Waals surface area contributed by atoms with Gasteiger partial charge in [0.1, 0.15) is 6.61 Å². The van der Waals surface area contributed by atoms with Crippen molar-refractivity contribution in [1.29, 1.82) is 0 Å². The number of alkyl halides is 3. The summed E-state index contributed by atoms with van der Waals surface area (Å²) in [5.74, 6) is 0.418. The maximum Gasteiger partial charge on any atom is 0.411 e. The molecule has 0 aliphatic rings. The van der Waals surface area contributed by atoms with Crippen LogP contribution in [0.2, 0.25) is 0 Å². The molecule has 6 heteroatoms. The van der Waals surface area contributed by atoms with Crippen LogP contribution in [0.5, 0.6) is 0 Å². The summed E-state index contributed by atoms with van der Waals surface area (Å²) in [5, 5.41) is 3.18. The van der Waals surface area contributed by atoms with E-state index in [1.54, 1.807) is 0 Å². The van der Waals surface area contributed by atoms with Gasteiger partial charge in [-0.15, -0.1) is 0 Å². The van der Waals surface area contributed by atoms with Crippen LogP contribution in [-0.2, 0) is 4.74 Å². The fourth-order valence-corrected chi connectivity index (χ4v) is 1.24. The van der Waals surface area contributed by atoms with Gasteiger partial charge in [0.05, 0.1) is 0 Å². The Hall–Kier alpha value is -0.330. The van der Waals surface area contributed by atoms with Crippen LogP contribution in [0, 0.1) is 5.92 Å². The minimum atomic E-state index is -4.23. The third-order valence-electron chi connectivity index (χ3n) is 2.20. The van der Waals surface area contributed by atoms with Crippen molar-refractivity contribution in [2.75, 3.05) is 26.3 Å². The maximum atomic E-state index is 11.7. The predicted octanol–water partition coefficient (Wildman–Crippen LogP) is 1.53. The van der Waals surface area contributed by atoms with Crippen molar-refractivity contribution in [2.24, 2.45) is 11.7 Å². The Morgan fingerprint density at radius 3 is 2.38 bits per heavy atom. The van der Waals surface area contributed by atoms with Gasteiger partial charge in [-0.2, -0.15) is 13.2 Å². The maximum absolute atomic E-state index is 11.7. The molecule has 0 heterocycles. The van der Waals surface area contributed by atoms with E-state index in [0.29, 0.717) is 25.4 Å². The van der Waals surface area contributed by atoms with E-state index < -0.39 is 12.8 Å². The standard InChI is InChI=1S/C10H21F3N2O/c1-8(2)9(6-14)15-4-3-5-16-7-10(11,12)13/h8-9,15H,3-7,14H2,1-2H3. The van der Waals surface area contributed by atoms with Crippen molar-refractivity contribution in [3.8, 4) is 0 Å². The molecule has 3 N–H and O–H groups in total. The number of hydrogen-bond acceptors (Lipinski definition) is 3. The van der Waals surface area contributed by atoms with E-state index in [4.69, 9.17) is 5.73 Å². The minimum absolute atomic E-state index is 0.113. The molecule has 0 saturated carbocycles. The van der Waals surface area contributed by atoms with Gasteiger partial charge in [0.2, 0.25) is 0 Å². The third-order valence-corrected chi connectivity index (χ3v) is 2.20. The van der Waals surface area contributed by atoms with E-state index in [1.165, 1.54) is 0 Å². The Kier molecular flexibility index (Phi) is 7.70. The lowest BCUT2D eigenvalue weighted by Crippen LogP contribution is -2.40. The van der Waals surface area contributed by atoms with Gasteiger partial charge in [-0.3, -0.25) is 0 Å². The lowest BCUT2D eigenvalue weighted by molar-refractivity contribution is -0.173. The molecule has 0 amide bonds. The normalized spacial score (nSPS) is 14.4. The van der Waals surface area contributed by atoms with E-state index in [0.717, 1.165) is 0 Å². The highest BCUT2D eigenvalue weighted by Crippen LogP contribution is 2.14. The monoisotopic (exact) mass is 242 g/mol. The first-order valence-corrected chi connectivity index (χ1v) is 5.44. The molecule has 0 fully saturated rings. The first-order valence-electron chi connectivity index (χ1n) is 5.44. The number of nitrogens with one attached hydrogen (secondary N) is 1. The predicted molar refractivity (Wildman–Crippen MR) is 57.2 cm³/mol. The van der Waals surface area contributed by atoms with Crippen molar-refractivity contribution in [3.05, 3.63) is 0 Å². The minimum Gasteiger partial charge on any atom is -0.372 e. The Balaban J connectivity index is 3.39. The van der Waals surface area contributed by atoms with E-state index in [1.807, 2.05) is 13.8 Å². The lowest BCUT2D eigenvalue weighted by atomic mass is 10.0. The molecular formula is C10H21F3N2O. The smallest absolute Gasteiger partial charge is 0.372 e. The second-order valence-corrected chi connectivity index (χ2v) is 4.06. The zero-order valence-electron chi connectivity index (χ0n) is 9.81. The quantitative estimate of drug-likeness (QED) is 0.634. The summed E-state index contributed by atoms with van der Waals surface area (Å²) in [6.45, 7) is 4.19. The summed E-state index contributed by atoms with van der Waals surface area (Å²) in [4.78, 5) is 0. The Morgan fingerprint density at radius 1 is 1.31 bits per heavy atom. The molecule has 1 atom stereocenters. The van der Waals surface area contributed by atoms with Gasteiger partial charge in [-0.1, -0.05) is 13.8 Å². The lowest BCUT2D eigenvalue weighted by Gasteiger charge is -2.20. The number of nitrogens with two attached hydrogens (primary N) is 1. The molecular weight excluding hydrogens is 221 g/mol. The average molecular weight is 242 g/mol. The molecule has 0 aromatic carbocycles. The summed E-state index contributed by atoms with van der Waals surface area (Å²) in [6, 6.07) is 0.211. The van der Waals surface area contributed by atoms with Crippen molar-refractivity contribution in [1.82, 2.24) is 5.32 Å². The second-order valence-electron chi connectivity index (χ2n) is 4.06. The molecule has 0 bridgehead atoms. The fourth-order valence-electron chi connectivity index (χ4n) is 1.24. The molecule has 0 aliphatic carbocycles. The van der Waals surface area contributed by atoms with Crippen molar-refractivity contribution in [2.45, 2.75) is 32.5 Å². The topological polar surface area (TPSA) is 47.3 Å². The van der Waals surface area contributed by atoms with Crippen LogP contribution in [0.25, 0.3) is 0 Å². The van der Waals surface area contributed by atoms with Gasteiger partial charge in [-0.25, -0.2) is 0 Å². The summed E-state index contributed by atoms with van der Waals surface area (Å²) < 4.78 is 39.6. The Morgan fingerprint density at radius 2 is 1.94 bits per heavy atom. The molecule has 0 radical (unpaired) electrons. The molecule has 0 aromatic heterocycles. The fraction of sp³-hybridized carbons (Fsp3) is 1.00. The zero-order chi connectivity index (χ0) is 12.6. The molecule has 0 rings (SSSR count). The van der Waals surface area contributed by atoms with E-state index >= 15 is 0 Å². The van der Waals surface area contributed by atoms with E-state index in [-0.39, 0.29) is 12.6 Å². The van der Waals surface area contributed by atoms with Gasteiger partial charge in [0, 0.05) is 19.2 Å². The molecule has 0 aromatic rings. The first kappa shape index (κ1) is 15.7. The highest BCUT2D eigenvalue weighted by molar-refractivity contribution is 4.70. The van der Waals surface area contributed by atoms with E-state index in [9.17, 15) is 13.2 Å². The van der Waals surface area contributed by atoms with Crippen LogP contribution in [0.15, 0.2) is 0 Å². The Labute approximate surface area is 94.5 Å². The molecule has 0 saturated heterocycles. The van der Waals surface area contributed by atoms with Crippen molar-refractivity contribution in [3.63, 3.8) is 0 Å². The van der Waals surface area contributed by atoms with Crippen LogP contribution in [0.4, 0.5) is 13.2 Å². The first-order chi connectivity index (χ1) is 7.37. The highest BCUT2D eigenvalue weighted by Gasteiger charge is 2.27.